The Morgan fingerprint density at radius 3 is 1.89 bits per heavy atom. The van der Waals surface area contributed by atoms with Gasteiger partial charge in [0.1, 0.15) is 0 Å². The monoisotopic (exact) mass is 342 g/mol. The van der Waals surface area contributed by atoms with Crippen molar-refractivity contribution in [1.29, 1.82) is 0 Å². The lowest BCUT2D eigenvalue weighted by Gasteiger charge is -2.05. The Labute approximate surface area is 119 Å². The largest absolute Gasteiger partial charge is 0.416 e. The molecule has 0 aliphatic carbocycles. The van der Waals surface area contributed by atoms with Gasteiger partial charge in [-0.25, -0.2) is 0 Å². The van der Waals surface area contributed by atoms with Crippen molar-refractivity contribution in [2.45, 2.75) is 6.18 Å². The first-order valence-electron chi connectivity index (χ1n) is 4.61. The van der Waals surface area contributed by atoms with Gasteiger partial charge in [0.25, 0.3) is 0 Å². The number of carbonyl (C=O) groups is 1. The molecular weight excluding hydrogens is 329 g/mol. The van der Waals surface area contributed by atoms with Gasteiger partial charge in [-0.15, -0.1) is 17.0 Å². The van der Waals surface area contributed by atoms with Crippen molar-refractivity contribution in [2.24, 2.45) is 0 Å². The summed E-state index contributed by atoms with van der Waals surface area (Å²) in [5, 5.41) is 0. The van der Waals surface area contributed by atoms with E-state index in [0.29, 0.717) is 0 Å². The topological polar surface area (TPSA) is 17.1 Å². The number of ketones is 1. The van der Waals surface area contributed by atoms with Crippen molar-refractivity contribution in [2.75, 3.05) is 12.5 Å². The van der Waals surface area contributed by atoms with E-state index in [4.69, 9.17) is 0 Å². The summed E-state index contributed by atoms with van der Waals surface area (Å²) in [4.78, 5) is 11.0. The van der Waals surface area contributed by atoms with E-state index in [2.05, 4.69) is 6.58 Å². The van der Waals surface area contributed by atoms with E-state index in [-0.39, 0.29) is 22.5 Å². The molecule has 1 nitrogen and oxygen atoms in total. The molecule has 1 rings (SSSR count). The summed E-state index contributed by atoms with van der Waals surface area (Å²) in [7, 11) is 0. The lowest BCUT2D eigenvalue weighted by molar-refractivity contribution is -0.137. The van der Waals surface area contributed by atoms with E-state index in [9.17, 15) is 18.0 Å². The highest BCUT2D eigenvalue weighted by molar-refractivity contribution is 8.93. The van der Waals surface area contributed by atoms with Crippen LogP contribution < -0.4 is 0 Å². The summed E-state index contributed by atoms with van der Waals surface area (Å²) in [6.45, 7) is 3.24. The molecule has 0 aliphatic heterocycles. The van der Waals surface area contributed by atoms with Gasteiger partial charge in [0.15, 0.2) is 5.78 Å². The highest BCUT2D eigenvalue weighted by Crippen LogP contribution is 2.29. The Balaban J connectivity index is 0. The molecule has 0 amide bonds. The molecule has 0 spiro atoms. The summed E-state index contributed by atoms with van der Waals surface area (Å²) in [5.74, 6) is -0.390. The lowest BCUT2D eigenvalue weighted by atomic mass is 10.1. The normalized spacial score (nSPS) is 9.61. The Morgan fingerprint density at radius 1 is 1.22 bits per heavy atom. The minimum absolute atomic E-state index is 0. The third kappa shape index (κ3) is 6.86. The second-order valence-electron chi connectivity index (χ2n) is 3.05. The molecule has 1 aromatic rings. The van der Waals surface area contributed by atoms with Crippen LogP contribution in [0.5, 0.6) is 0 Å². The summed E-state index contributed by atoms with van der Waals surface area (Å²) < 4.78 is 36.3. The quantitative estimate of drug-likeness (QED) is 0.575. The first-order chi connectivity index (χ1) is 7.86. The number of halogens is 4. The van der Waals surface area contributed by atoms with Crippen LogP contribution >= 0.6 is 28.7 Å². The van der Waals surface area contributed by atoms with Gasteiger partial charge in [0, 0.05) is 5.56 Å². The molecule has 0 saturated carbocycles. The van der Waals surface area contributed by atoms with Gasteiger partial charge >= 0.3 is 6.18 Å². The third-order valence-electron chi connectivity index (χ3n) is 1.68. The van der Waals surface area contributed by atoms with Crippen LogP contribution in [-0.4, -0.2) is 18.3 Å². The van der Waals surface area contributed by atoms with Crippen LogP contribution in [0.1, 0.15) is 15.9 Å². The van der Waals surface area contributed by atoms with Crippen LogP contribution in [0.15, 0.2) is 36.9 Å². The Morgan fingerprint density at radius 2 is 1.61 bits per heavy atom. The molecule has 0 aromatic heterocycles. The Kier molecular flexibility index (Phi) is 10.0. The number of allylic oxidation sites excluding steroid dienone is 1. The van der Waals surface area contributed by atoms with Gasteiger partial charge in [-0.2, -0.15) is 24.9 Å². The number of benzene rings is 1. The standard InChI is InChI=1S/C10H7F3O.C2H6S.BrH/c1-2-9(14)7-3-5-8(6-4-7)10(11,12)13;1-3-2;/h2-6H,1H2;1-2H3;1H. The second kappa shape index (κ2) is 9.22. The molecule has 0 radical (unpaired) electrons. The molecule has 0 unspecified atom stereocenters. The molecule has 0 fully saturated rings. The van der Waals surface area contributed by atoms with Gasteiger partial charge in [-0.1, -0.05) is 18.7 Å². The average molecular weight is 343 g/mol. The van der Waals surface area contributed by atoms with Crippen LogP contribution in [0.3, 0.4) is 0 Å². The van der Waals surface area contributed by atoms with Crippen LogP contribution in [0, 0.1) is 0 Å². The number of hydrogen-bond donors (Lipinski definition) is 0. The molecule has 1 aromatic carbocycles. The maximum atomic E-state index is 12.1. The molecule has 6 heteroatoms. The summed E-state index contributed by atoms with van der Waals surface area (Å²) in [6, 6.07) is 4.01. The van der Waals surface area contributed by atoms with Crippen LogP contribution in [-0.2, 0) is 6.18 Å². The lowest BCUT2D eigenvalue weighted by Crippen LogP contribution is -2.05. The van der Waals surface area contributed by atoms with E-state index >= 15 is 0 Å². The van der Waals surface area contributed by atoms with Crippen LogP contribution in [0.4, 0.5) is 13.2 Å². The fourth-order valence-electron chi connectivity index (χ4n) is 0.941. The summed E-state index contributed by atoms with van der Waals surface area (Å²) in [6.07, 6.45) is 0.776. The minimum Gasteiger partial charge on any atom is -0.289 e. The van der Waals surface area contributed by atoms with Crippen molar-refractivity contribution in [3.63, 3.8) is 0 Å². The highest BCUT2D eigenvalue weighted by Gasteiger charge is 2.30. The predicted octanol–water partition coefficient (Wildman–Crippen LogP) is 4.63. The van der Waals surface area contributed by atoms with Gasteiger partial charge in [0.2, 0.25) is 0 Å². The van der Waals surface area contributed by atoms with Crippen molar-refractivity contribution in [3.05, 3.63) is 48.0 Å². The van der Waals surface area contributed by atoms with E-state index in [1.165, 1.54) is 0 Å². The molecule has 102 valence electrons. The SMILES string of the molecule is Br.C=CC(=O)c1ccc(C(F)(F)F)cc1.CSC. The average Bonchev–Trinajstić information content (AvgIpc) is 2.28. The maximum Gasteiger partial charge on any atom is 0.416 e. The number of hydrogen-bond acceptors (Lipinski definition) is 2. The van der Waals surface area contributed by atoms with E-state index < -0.39 is 17.5 Å². The molecule has 0 saturated heterocycles. The van der Waals surface area contributed by atoms with Gasteiger partial charge in [0.05, 0.1) is 5.56 Å². The van der Waals surface area contributed by atoms with Crippen LogP contribution in [0.25, 0.3) is 0 Å². The number of alkyl halides is 3. The molecule has 0 aliphatic rings. The first kappa shape index (κ1) is 19.6. The van der Waals surface area contributed by atoms with Crippen LogP contribution in [0.2, 0.25) is 0 Å². The molecule has 0 bridgehead atoms. The zero-order valence-corrected chi connectivity index (χ0v) is 12.5. The zero-order chi connectivity index (χ0) is 13.5. The summed E-state index contributed by atoms with van der Waals surface area (Å²) in [5.41, 5.74) is -0.564. The predicted molar refractivity (Wildman–Crippen MR) is 75.7 cm³/mol. The maximum absolute atomic E-state index is 12.1. The van der Waals surface area contributed by atoms with Crippen molar-refractivity contribution < 1.29 is 18.0 Å². The zero-order valence-electron chi connectivity index (χ0n) is 9.95. The Hall–Kier alpha value is -0.750. The fraction of sp³-hybridized carbons (Fsp3) is 0.250. The highest BCUT2D eigenvalue weighted by atomic mass is 79.9. The van der Waals surface area contributed by atoms with Gasteiger partial charge < -0.3 is 0 Å². The minimum atomic E-state index is -4.37. The van der Waals surface area contributed by atoms with E-state index in [1.54, 1.807) is 11.8 Å². The molecular formula is C12H14BrF3OS. The number of rotatable bonds is 2. The fourth-order valence-corrected chi connectivity index (χ4v) is 0.941. The number of carbonyl (C=O) groups excluding carboxylic acids is 1. The Bertz CT molecular complexity index is 374. The smallest absolute Gasteiger partial charge is 0.289 e. The van der Waals surface area contributed by atoms with Crippen molar-refractivity contribution >= 4 is 34.5 Å². The number of thioether (sulfide) groups is 1. The molecule has 0 heterocycles. The molecule has 18 heavy (non-hydrogen) atoms. The van der Waals surface area contributed by atoms with Crippen molar-refractivity contribution in [1.82, 2.24) is 0 Å². The second-order valence-corrected chi connectivity index (χ2v) is 3.87. The van der Waals surface area contributed by atoms with Crippen molar-refractivity contribution in [3.8, 4) is 0 Å². The van der Waals surface area contributed by atoms with E-state index in [0.717, 1.165) is 30.3 Å². The van der Waals surface area contributed by atoms with Gasteiger partial charge in [-0.3, -0.25) is 4.79 Å². The summed E-state index contributed by atoms with van der Waals surface area (Å²) >= 11 is 1.75. The van der Waals surface area contributed by atoms with Gasteiger partial charge in [-0.05, 0) is 30.7 Å². The van der Waals surface area contributed by atoms with E-state index in [1.807, 2.05) is 12.5 Å². The molecule has 0 atom stereocenters. The first-order valence-corrected chi connectivity index (χ1v) is 6.24. The molecule has 0 N–H and O–H groups in total. The third-order valence-corrected chi connectivity index (χ3v) is 1.68.